The Kier molecular flexibility index (Phi) is 2.80. The fourth-order valence-corrected chi connectivity index (χ4v) is 3.59. The Labute approximate surface area is 93.7 Å². The van der Waals surface area contributed by atoms with Crippen molar-refractivity contribution in [1.82, 2.24) is 10.2 Å². The highest BCUT2D eigenvalue weighted by molar-refractivity contribution is 5.02. The summed E-state index contributed by atoms with van der Waals surface area (Å²) >= 11 is 0. The molecule has 1 N–H and O–H groups in total. The van der Waals surface area contributed by atoms with E-state index in [0.29, 0.717) is 11.5 Å². The van der Waals surface area contributed by atoms with Gasteiger partial charge in [0, 0.05) is 24.8 Å². The van der Waals surface area contributed by atoms with Crippen molar-refractivity contribution in [2.45, 2.75) is 39.2 Å². The maximum atomic E-state index is 3.95. The summed E-state index contributed by atoms with van der Waals surface area (Å²) in [6.07, 6.45) is 4.11. The minimum atomic E-state index is 0.666. The standard InChI is InChI=1S/C13H24N2/c1-10(2)14-12-5-6-13(7-11(12)3)8-15(4)9-13/h11-12,14H,1,5-9H2,2-4H3/t11-,12-/m0/s1. The van der Waals surface area contributed by atoms with Gasteiger partial charge in [-0.15, -0.1) is 0 Å². The van der Waals surface area contributed by atoms with E-state index in [4.69, 9.17) is 0 Å². The number of nitrogens with one attached hydrogen (secondary N) is 1. The highest BCUT2D eigenvalue weighted by Gasteiger charge is 2.45. The molecule has 1 saturated heterocycles. The van der Waals surface area contributed by atoms with Crippen LogP contribution in [0.4, 0.5) is 0 Å². The summed E-state index contributed by atoms with van der Waals surface area (Å²) in [4.78, 5) is 2.44. The third-order valence-corrected chi connectivity index (χ3v) is 4.07. The Morgan fingerprint density at radius 3 is 2.60 bits per heavy atom. The quantitative estimate of drug-likeness (QED) is 0.748. The van der Waals surface area contributed by atoms with Crippen LogP contribution in [0.3, 0.4) is 0 Å². The molecule has 2 heteroatoms. The Balaban J connectivity index is 1.89. The topological polar surface area (TPSA) is 15.3 Å². The summed E-state index contributed by atoms with van der Waals surface area (Å²) in [6.45, 7) is 11.0. The van der Waals surface area contributed by atoms with Crippen molar-refractivity contribution in [1.29, 1.82) is 0 Å². The number of nitrogens with zero attached hydrogens (tertiary/aromatic N) is 1. The second-order valence-corrected chi connectivity index (χ2v) is 5.92. The molecule has 2 aliphatic rings. The predicted octanol–water partition coefficient (Wildman–Crippen LogP) is 2.23. The molecular formula is C13H24N2. The first-order valence-electron chi connectivity index (χ1n) is 6.11. The Hall–Kier alpha value is -0.500. The van der Waals surface area contributed by atoms with Gasteiger partial charge < -0.3 is 10.2 Å². The Bertz CT molecular complexity index is 253. The van der Waals surface area contributed by atoms with E-state index >= 15 is 0 Å². The van der Waals surface area contributed by atoms with Gasteiger partial charge in [0.15, 0.2) is 0 Å². The van der Waals surface area contributed by atoms with Crippen molar-refractivity contribution in [3.63, 3.8) is 0 Å². The van der Waals surface area contributed by atoms with Gasteiger partial charge in [0.1, 0.15) is 0 Å². The zero-order chi connectivity index (χ0) is 11.1. The minimum Gasteiger partial charge on any atom is -0.386 e. The van der Waals surface area contributed by atoms with Gasteiger partial charge in [-0.25, -0.2) is 0 Å². The molecule has 0 bridgehead atoms. The summed E-state index contributed by atoms with van der Waals surface area (Å²) in [5.74, 6) is 0.796. The van der Waals surface area contributed by atoms with Gasteiger partial charge in [0.2, 0.25) is 0 Å². The van der Waals surface area contributed by atoms with Crippen LogP contribution in [0, 0.1) is 11.3 Å². The number of hydrogen-bond donors (Lipinski definition) is 1. The average molecular weight is 208 g/mol. The van der Waals surface area contributed by atoms with Crippen molar-refractivity contribution in [3.8, 4) is 0 Å². The number of hydrogen-bond acceptors (Lipinski definition) is 2. The molecule has 1 aliphatic heterocycles. The van der Waals surface area contributed by atoms with Gasteiger partial charge in [-0.05, 0) is 44.6 Å². The maximum Gasteiger partial charge on any atom is 0.0283 e. The number of allylic oxidation sites excluding steroid dienone is 1. The van der Waals surface area contributed by atoms with Crippen molar-refractivity contribution >= 4 is 0 Å². The van der Waals surface area contributed by atoms with E-state index in [1.165, 1.54) is 32.4 Å². The lowest BCUT2D eigenvalue weighted by Crippen LogP contribution is -2.58. The van der Waals surface area contributed by atoms with Gasteiger partial charge >= 0.3 is 0 Å². The lowest BCUT2D eigenvalue weighted by molar-refractivity contribution is -0.0326. The van der Waals surface area contributed by atoms with Crippen molar-refractivity contribution in [3.05, 3.63) is 12.3 Å². The van der Waals surface area contributed by atoms with Crippen LogP contribution in [0.2, 0.25) is 0 Å². The van der Waals surface area contributed by atoms with Crippen LogP contribution < -0.4 is 5.32 Å². The summed E-state index contributed by atoms with van der Waals surface area (Å²) in [5.41, 5.74) is 1.79. The highest BCUT2D eigenvalue weighted by atomic mass is 15.2. The van der Waals surface area contributed by atoms with Crippen LogP contribution in [-0.4, -0.2) is 31.1 Å². The third-order valence-electron chi connectivity index (χ3n) is 4.07. The zero-order valence-electron chi connectivity index (χ0n) is 10.3. The molecule has 1 spiro atoms. The fraction of sp³-hybridized carbons (Fsp3) is 0.846. The van der Waals surface area contributed by atoms with Crippen LogP contribution in [-0.2, 0) is 0 Å². The van der Waals surface area contributed by atoms with Gasteiger partial charge in [-0.2, -0.15) is 0 Å². The molecule has 15 heavy (non-hydrogen) atoms. The van der Waals surface area contributed by atoms with Crippen molar-refractivity contribution < 1.29 is 0 Å². The molecule has 0 radical (unpaired) electrons. The highest BCUT2D eigenvalue weighted by Crippen LogP contribution is 2.45. The number of likely N-dealkylation sites (tertiary alicyclic amines) is 1. The molecule has 0 unspecified atom stereocenters. The molecule has 2 fully saturated rings. The molecule has 1 saturated carbocycles. The first-order valence-corrected chi connectivity index (χ1v) is 6.11. The van der Waals surface area contributed by atoms with E-state index < -0.39 is 0 Å². The van der Waals surface area contributed by atoms with Crippen molar-refractivity contribution in [2.24, 2.45) is 11.3 Å². The normalized spacial score (nSPS) is 34.9. The smallest absolute Gasteiger partial charge is 0.0283 e. The molecular weight excluding hydrogens is 184 g/mol. The molecule has 2 rings (SSSR count). The first kappa shape index (κ1) is 11.0. The fourth-order valence-electron chi connectivity index (χ4n) is 3.59. The van der Waals surface area contributed by atoms with Gasteiger partial charge in [0.05, 0.1) is 0 Å². The van der Waals surface area contributed by atoms with E-state index in [9.17, 15) is 0 Å². The SMILES string of the molecule is C=C(C)N[C@H]1CCC2(C[C@@H]1C)CN(C)C2. The molecule has 2 nitrogen and oxygen atoms in total. The molecule has 1 aliphatic carbocycles. The Morgan fingerprint density at radius 2 is 2.13 bits per heavy atom. The number of rotatable bonds is 2. The van der Waals surface area contributed by atoms with E-state index in [1.54, 1.807) is 0 Å². The molecule has 0 amide bonds. The molecule has 86 valence electrons. The van der Waals surface area contributed by atoms with Crippen LogP contribution in [0.25, 0.3) is 0 Å². The van der Waals surface area contributed by atoms with E-state index in [2.05, 4.69) is 37.7 Å². The molecule has 0 aromatic heterocycles. The first-order chi connectivity index (χ1) is 7.01. The summed E-state index contributed by atoms with van der Waals surface area (Å²) < 4.78 is 0. The lowest BCUT2D eigenvalue weighted by Gasteiger charge is -2.54. The Morgan fingerprint density at radius 1 is 1.47 bits per heavy atom. The lowest BCUT2D eigenvalue weighted by atomic mass is 9.64. The van der Waals surface area contributed by atoms with Crippen LogP contribution in [0.1, 0.15) is 33.1 Å². The van der Waals surface area contributed by atoms with Gasteiger partial charge in [-0.1, -0.05) is 13.5 Å². The largest absolute Gasteiger partial charge is 0.386 e. The van der Waals surface area contributed by atoms with E-state index in [1.807, 2.05) is 0 Å². The second-order valence-electron chi connectivity index (χ2n) is 5.92. The summed E-state index contributed by atoms with van der Waals surface area (Å²) in [7, 11) is 2.23. The predicted molar refractivity (Wildman–Crippen MR) is 64.7 cm³/mol. The molecule has 2 atom stereocenters. The monoisotopic (exact) mass is 208 g/mol. The minimum absolute atomic E-state index is 0.666. The molecule has 0 aromatic rings. The van der Waals surface area contributed by atoms with Crippen molar-refractivity contribution in [2.75, 3.05) is 20.1 Å². The zero-order valence-corrected chi connectivity index (χ0v) is 10.3. The molecule has 0 aromatic carbocycles. The maximum absolute atomic E-state index is 3.95. The van der Waals surface area contributed by atoms with E-state index in [0.717, 1.165) is 11.6 Å². The van der Waals surface area contributed by atoms with E-state index in [-0.39, 0.29) is 0 Å². The van der Waals surface area contributed by atoms with Crippen LogP contribution >= 0.6 is 0 Å². The summed E-state index contributed by atoms with van der Waals surface area (Å²) in [5, 5.41) is 3.52. The van der Waals surface area contributed by atoms with Gasteiger partial charge in [-0.3, -0.25) is 0 Å². The van der Waals surface area contributed by atoms with Gasteiger partial charge in [0.25, 0.3) is 0 Å². The third kappa shape index (κ3) is 2.20. The second kappa shape index (κ2) is 3.82. The average Bonchev–Trinajstić information content (AvgIpc) is 2.07. The molecule has 1 heterocycles. The summed E-state index contributed by atoms with van der Waals surface area (Å²) in [6, 6.07) is 0.666. The van der Waals surface area contributed by atoms with Crippen LogP contribution in [0.5, 0.6) is 0 Å². The van der Waals surface area contributed by atoms with Crippen LogP contribution in [0.15, 0.2) is 12.3 Å².